The topological polar surface area (TPSA) is 58.6 Å². The van der Waals surface area contributed by atoms with Crippen LogP contribution in [-0.2, 0) is 29.0 Å². The quantitative estimate of drug-likeness (QED) is 0.336. The van der Waals surface area contributed by atoms with E-state index in [4.69, 9.17) is 16.3 Å². The first-order valence-corrected chi connectivity index (χ1v) is 12.8. The van der Waals surface area contributed by atoms with Gasteiger partial charge in [-0.05, 0) is 54.7 Å². The maximum atomic E-state index is 13.7. The zero-order valence-corrected chi connectivity index (χ0v) is 22.0. The number of methoxy groups -OCH3 is 1. The van der Waals surface area contributed by atoms with Gasteiger partial charge in [-0.1, -0.05) is 79.2 Å². The van der Waals surface area contributed by atoms with E-state index in [-0.39, 0.29) is 24.3 Å². The van der Waals surface area contributed by atoms with Crippen molar-refractivity contribution in [1.29, 1.82) is 0 Å². The number of nitrogens with one attached hydrogen (secondary N) is 1. The van der Waals surface area contributed by atoms with E-state index in [2.05, 4.69) is 5.32 Å². The normalized spacial score (nSPS) is 12.4. The van der Waals surface area contributed by atoms with Crippen LogP contribution in [0.5, 0.6) is 5.75 Å². The molecule has 0 saturated carbocycles. The van der Waals surface area contributed by atoms with Gasteiger partial charge < -0.3 is 15.0 Å². The molecular weight excluding hydrogens is 472 g/mol. The smallest absolute Gasteiger partial charge is 0.243 e. The van der Waals surface area contributed by atoms with Gasteiger partial charge in [0.2, 0.25) is 11.8 Å². The highest BCUT2D eigenvalue weighted by Crippen LogP contribution is 2.21. The molecule has 190 valence electrons. The van der Waals surface area contributed by atoms with Crippen molar-refractivity contribution in [2.24, 2.45) is 0 Å². The number of ether oxygens (including phenoxy) is 1. The first kappa shape index (κ1) is 27.3. The lowest BCUT2D eigenvalue weighted by Crippen LogP contribution is -2.52. The Kier molecular flexibility index (Phi) is 10.4. The molecule has 1 N–H and O–H groups in total. The van der Waals surface area contributed by atoms with Crippen LogP contribution in [0.4, 0.5) is 0 Å². The Morgan fingerprint density at radius 3 is 2.36 bits per heavy atom. The third-order valence-electron chi connectivity index (χ3n) is 6.33. The molecule has 0 aliphatic carbocycles. The van der Waals surface area contributed by atoms with Crippen molar-refractivity contribution in [3.05, 3.63) is 101 Å². The summed E-state index contributed by atoms with van der Waals surface area (Å²) in [5.74, 6) is 0.458. The SMILES string of the molecule is CC[C@@H](C)NC(=O)[C@H](Cc1ccccc1)N(Cc1cccc(OC)c1)C(=O)CCc1ccccc1Cl. The van der Waals surface area contributed by atoms with Crippen molar-refractivity contribution in [2.75, 3.05) is 7.11 Å². The third kappa shape index (κ3) is 7.85. The molecule has 0 fully saturated rings. The Balaban J connectivity index is 1.94. The van der Waals surface area contributed by atoms with Crippen LogP contribution in [-0.4, -0.2) is 35.9 Å². The number of carbonyl (C=O) groups excluding carboxylic acids is 2. The minimum Gasteiger partial charge on any atom is -0.497 e. The van der Waals surface area contributed by atoms with Crippen LogP contribution in [0.25, 0.3) is 0 Å². The summed E-state index contributed by atoms with van der Waals surface area (Å²) < 4.78 is 5.39. The van der Waals surface area contributed by atoms with Crippen LogP contribution in [0, 0.1) is 0 Å². The molecule has 0 radical (unpaired) electrons. The number of benzene rings is 3. The second-order valence-electron chi connectivity index (χ2n) is 8.99. The van der Waals surface area contributed by atoms with Gasteiger partial charge in [-0.25, -0.2) is 0 Å². The van der Waals surface area contributed by atoms with E-state index >= 15 is 0 Å². The predicted molar refractivity (Wildman–Crippen MR) is 145 cm³/mol. The third-order valence-corrected chi connectivity index (χ3v) is 6.69. The summed E-state index contributed by atoms with van der Waals surface area (Å²) in [5, 5.41) is 3.74. The predicted octanol–water partition coefficient (Wildman–Crippen LogP) is 5.84. The van der Waals surface area contributed by atoms with Crippen molar-refractivity contribution in [2.45, 2.75) is 58.2 Å². The van der Waals surface area contributed by atoms with Crippen LogP contribution >= 0.6 is 11.6 Å². The monoisotopic (exact) mass is 506 g/mol. The first-order valence-electron chi connectivity index (χ1n) is 12.4. The van der Waals surface area contributed by atoms with Crippen LogP contribution in [0.15, 0.2) is 78.9 Å². The van der Waals surface area contributed by atoms with E-state index in [9.17, 15) is 9.59 Å². The molecule has 0 aliphatic rings. The molecule has 0 unspecified atom stereocenters. The Bertz CT molecular complexity index is 1140. The molecule has 3 aromatic rings. The zero-order valence-electron chi connectivity index (χ0n) is 21.2. The van der Waals surface area contributed by atoms with Crippen molar-refractivity contribution in [3.63, 3.8) is 0 Å². The van der Waals surface area contributed by atoms with E-state index in [1.807, 2.05) is 92.7 Å². The van der Waals surface area contributed by atoms with Crippen LogP contribution in [0.2, 0.25) is 5.02 Å². The number of nitrogens with zero attached hydrogens (tertiary/aromatic N) is 1. The fourth-order valence-electron chi connectivity index (χ4n) is 4.05. The Labute approximate surface area is 219 Å². The number of halogens is 1. The number of rotatable bonds is 12. The van der Waals surface area contributed by atoms with Gasteiger partial charge >= 0.3 is 0 Å². The van der Waals surface area contributed by atoms with Gasteiger partial charge in [0, 0.05) is 30.5 Å². The molecule has 0 bridgehead atoms. The summed E-state index contributed by atoms with van der Waals surface area (Å²) in [6.45, 7) is 4.30. The van der Waals surface area contributed by atoms with Crippen molar-refractivity contribution in [1.82, 2.24) is 10.2 Å². The molecule has 2 atom stereocenters. The summed E-state index contributed by atoms with van der Waals surface area (Å²) in [4.78, 5) is 29.0. The molecular formula is C30H35ClN2O3. The van der Waals surface area contributed by atoms with Crippen molar-refractivity contribution in [3.8, 4) is 5.75 Å². The molecule has 3 aromatic carbocycles. The number of hydrogen-bond donors (Lipinski definition) is 1. The number of aryl methyl sites for hydroxylation is 1. The average molecular weight is 507 g/mol. The summed E-state index contributed by atoms with van der Waals surface area (Å²) in [6.07, 6.45) is 1.97. The molecule has 0 heterocycles. The van der Waals surface area contributed by atoms with Gasteiger partial charge in [0.25, 0.3) is 0 Å². The fourth-order valence-corrected chi connectivity index (χ4v) is 4.28. The van der Waals surface area contributed by atoms with Gasteiger partial charge in [-0.3, -0.25) is 9.59 Å². The number of amides is 2. The Morgan fingerprint density at radius 2 is 1.67 bits per heavy atom. The van der Waals surface area contributed by atoms with E-state index in [0.717, 1.165) is 23.1 Å². The average Bonchev–Trinajstić information content (AvgIpc) is 2.90. The highest BCUT2D eigenvalue weighted by Gasteiger charge is 2.31. The van der Waals surface area contributed by atoms with Gasteiger partial charge in [-0.2, -0.15) is 0 Å². The molecule has 5 nitrogen and oxygen atoms in total. The summed E-state index contributed by atoms with van der Waals surface area (Å²) in [5.41, 5.74) is 2.81. The molecule has 0 spiro atoms. The Hall–Kier alpha value is -3.31. The minimum absolute atomic E-state index is 0.00710. The second kappa shape index (κ2) is 13.7. The van der Waals surface area contributed by atoms with E-state index in [1.54, 1.807) is 12.0 Å². The fraction of sp³-hybridized carbons (Fsp3) is 0.333. The van der Waals surface area contributed by atoms with Crippen LogP contribution in [0.1, 0.15) is 43.4 Å². The van der Waals surface area contributed by atoms with Gasteiger partial charge in [0.15, 0.2) is 0 Å². The van der Waals surface area contributed by atoms with E-state index in [0.29, 0.717) is 30.2 Å². The summed E-state index contributed by atoms with van der Waals surface area (Å²) in [6, 6.07) is 24.3. The highest BCUT2D eigenvalue weighted by atomic mass is 35.5. The molecule has 6 heteroatoms. The molecule has 0 aromatic heterocycles. The lowest BCUT2D eigenvalue weighted by molar-refractivity contribution is -0.141. The largest absolute Gasteiger partial charge is 0.497 e. The lowest BCUT2D eigenvalue weighted by Gasteiger charge is -2.32. The maximum absolute atomic E-state index is 13.7. The van der Waals surface area contributed by atoms with E-state index in [1.165, 1.54) is 0 Å². The van der Waals surface area contributed by atoms with Crippen LogP contribution in [0.3, 0.4) is 0 Å². The van der Waals surface area contributed by atoms with Crippen molar-refractivity contribution >= 4 is 23.4 Å². The van der Waals surface area contributed by atoms with E-state index < -0.39 is 6.04 Å². The van der Waals surface area contributed by atoms with Crippen molar-refractivity contribution < 1.29 is 14.3 Å². The zero-order chi connectivity index (χ0) is 25.9. The van der Waals surface area contributed by atoms with Gasteiger partial charge in [0.05, 0.1) is 7.11 Å². The Morgan fingerprint density at radius 1 is 0.972 bits per heavy atom. The van der Waals surface area contributed by atoms with Gasteiger partial charge in [-0.15, -0.1) is 0 Å². The first-order chi connectivity index (χ1) is 17.4. The number of carbonyl (C=O) groups is 2. The maximum Gasteiger partial charge on any atom is 0.243 e. The minimum atomic E-state index is -0.661. The standard InChI is InChI=1S/C30H35ClN2O3/c1-4-22(2)32-30(35)28(20-23-11-6-5-7-12-23)33(21-24-13-10-15-26(19-24)36-3)29(34)18-17-25-14-8-9-16-27(25)31/h5-16,19,22,28H,4,17-18,20-21H2,1-3H3,(H,32,35)/t22-,28+/m1/s1. The van der Waals surface area contributed by atoms with Gasteiger partial charge in [0.1, 0.15) is 11.8 Å². The summed E-state index contributed by atoms with van der Waals surface area (Å²) in [7, 11) is 1.61. The lowest BCUT2D eigenvalue weighted by atomic mass is 10.0. The molecule has 3 rings (SSSR count). The molecule has 36 heavy (non-hydrogen) atoms. The summed E-state index contributed by atoms with van der Waals surface area (Å²) >= 11 is 6.34. The second-order valence-corrected chi connectivity index (χ2v) is 9.40. The molecule has 0 saturated heterocycles. The number of hydrogen-bond acceptors (Lipinski definition) is 3. The highest BCUT2D eigenvalue weighted by molar-refractivity contribution is 6.31. The molecule has 2 amide bonds. The molecule has 0 aliphatic heterocycles. The van der Waals surface area contributed by atoms with Crippen LogP contribution < -0.4 is 10.1 Å².